The van der Waals surface area contributed by atoms with Crippen molar-refractivity contribution in [2.75, 3.05) is 5.43 Å². The molecule has 5 N–H and O–H groups in total. The molecule has 1 heterocycles. The van der Waals surface area contributed by atoms with Gasteiger partial charge in [-0.25, -0.2) is 4.98 Å². The first-order valence-corrected chi connectivity index (χ1v) is 5.12. The highest BCUT2D eigenvalue weighted by Crippen LogP contribution is 2.13. The molecule has 0 radical (unpaired) electrons. The third-order valence-corrected chi connectivity index (χ3v) is 2.32. The van der Waals surface area contributed by atoms with E-state index in [1.165, 1.54) is 0 Å². The van der Waals surface area contributed by atoms with Crippen LogP contribution in [0, 0.1) is 0 Å². The fourth-order valence-electron chi connectivity index (χ4n) is 1.46. The van der Waals surface area contributed by atoms with Crippen molar-refractivity contribution in [2.24, 2.45) is 5.84 Å². The van der Waals surface area contributed by atoms with Gasteiger partial charge >= 0.3 is 0 Å². The van der Waals surface area contributed by atoms with Crippen LogP contribution in [0.5, 0.6) is 0 Å². The van der Waals surface area contributed by atoms with E-state index in [1.807, 2.05) is 0 Å². The van der Waals surface area contributed by atoms with Crippen LogP contribution in [0.1, 0.15) is 16.1 Å². The highest BCUT2D eigenvalue weighted by Gasteiger charge is 2.09. The number of hydrogen-bond donors (Lipinski definition) is 4. The number of aromatic nitrogens is 2. The molecule has 17 heavy (non-hydrogen) atoms. The first kappa shape index (κ1) is 11.2. The highest BCUT2D eigenvalue weighted by atomic mass is 16.1. The topological polar surface area (TPSA) is 95.8 Å². The molecule has 0 saturated heterocycles. The molecule has 2 rings (SSSR count). The Balaban J connectivity index is 2.04. The molecule has 0 unspecified atom stereocenters. The quantitative estimate of drug-likeness (QED) is 0.458. The van der Waals surface area contributed by atoms with Crippen molar-refractivity contribution in [1.82, 2.24) is 15.3 Å². The van der Waals surface area contributed by atoms with Gasteiger partial charge < -0.3 is 15.7 Å². The lowest BCUT2D eigenvalue weighted by Crippen LogP contribution is -2.24. The minimum atomic E-state index is -0.187. The Labute approximate surface area is 98.2 Å². The Morgan fingerprint density at radius 3 is 2.94 bits per heavy atom. The van der Waals surface area contributed by atoms with E-state index in [4.69, 9.17) is 5.84 Å². The fourth-order valence-corrected chi connectivity index (χ4v) is 1.46. The van der Waals surface area contributed by atoms with Crippen molar-refractivity contribution in [3.05, 3.63) is 48.0 Å². The number of hydrogen-bond acceptors (Lipinski definition) is 4. The van der Waals surface area contributed by atoms with Crippen LogP contribution in [0.15, 0.2) is 36.8 Å². The smallest absolute Gasteiger partial charge is 0.253 e. The molecule has 6 nitrogen and oxygen atoms in total. The summed E-state index contributed by atoms with van der Waals surface area (Å²) in [6, 6.07) is 7.04. The number of carbonyl (C=O) groups is 1. The van der Waals surface area contributed by atoms with Gasteiger partial charge in [0.15, 0.2) is 0 Å². The van der Waals surface area contributed by atoms with Crippen LogP contribution in [0.4, 0.5) is 5.69 Å². The van der Waals surface area contributed by atoms with Crippen LogP contribution in [0.3, 0.4) is 0 Å². The lowest BCUT2D eigenvalue weighted by atomic mass is 10.1. The van der Waals surface area contributed by atoms with Gasteiger partial charge in [-0.3, -0.25) is 10.6 Å². The maximum absolute atomic E-state index is 11.9. The Bertz CT molecular complexity index is 494. The molecule has 0 spiro atoms. The molecular weight excluding hydrogens is 218 g/mol. The number of para-hydroxylation sites is 1. The van der Waals surface area contributed by atoms with E-state index in [0.29, 0.717) is 17.8 Å². The van der Waals surface area contributed by atoms with Crippen molar-refractivity contribution in [3.8, 4) is 0 Å². The number of hydrazine groups is 1. The summed E-state index contributed by atoms with van der Waals surface area (Å²) in [5.74, 6) is 5.15. The minimum absolute atomic E-state index is 0.187. The predicted octanol–water partition coefficient (Wildman–Crippen LogP) is 0.625. The molecule has 1 amide bonds. The first-order valence-electron chi connectivity index (χ1n) is 5.12. The number of H-pyrrole nitrogens is 1. The van der Waals surface area contributed by atoms with Gasteiger partial charge in [0.2, 0.25) is 0 Å². The highest BCUT2D eigenvalue weighted by molar-refractivity contribution is 5.99. The lowest BCUT2D eigenvalue weighted by molar-refractivity contribution is 0.0951. The maximum atomic E-state index is 11.9. The summed E-state index contributed by atoms with van der Waals surface area (Å²) in [5, 5.41) is 2.77. The molecule has 0 aliphatic heterocycles. The average molecular weight is 231 g/mol. The van der Waals surface area contributed by atoms with Gasteiger partial charge in [0, 0.05) is 6.20 Å². The first-order chi connectivity index (χ1) is 8.31. The van der Waals surface area contributed by atoms with Crippen LogP contribution in [0.25, 0.3) is 0 Å². The van der Waals surface area contributed by atoms with Crippen molar-refractivity contribution in [1.29, 1.82) is 0 Å². The van der Waals surface area contributed by atoms with Gasteiger partial charge in [-0.1, -0.05) is 12.1 Å². The fraction of sp³-hybridized carbons (Fsp3) is 0.0909. The van der Waals surface area contributed by atoms with Crippen LogP contribution in [0.2, 0.25) is 0 Å². The molecule has 1 aromatic heterocycles. The maximum Gasteiger partial charge on any atom is 0.253 e. The zero-order valence-electron chi connectivity index (χ0n) is 9.10. The van der Waals surface area contributed by atoms with Crippen molar-refractivity contribution in [3.63, 3.8) is 0 Å². The van der Waals surface area contributed by atoms with Crippen LogP contribution >= 0.6 is 0 Å². The number of nitrogens with two attached hydrogens (primary N) is 1. The molecule has 2 aromatic rings. The van der Waals surface area contributed by atoms with Gasteiger partial charge in [-0.05, 0) is 12.1 Å². The summed E-state index contributed by atoms with van der Waals surface area (Å²) in [7, 11) is 0. The monoisotopic (exact) mass is 231 g/mol. The normalized spacial score (nSPS) is 9.94. The number of aromatic amines is 1. The van der Waals surface area contributed by atoms with Crippen LogP contribution in [-0.2, 0) is 6.54 Å². The van der Waals surface area contributed by atoms with E-state index in [-0.39, 0.29) is 5.91 Å². The second-order valence-electron chi connectivity index (χ2n) is 3.45. The van der Waals surface area contributed by atoms with Crippen molar-refractivity contribution >= 4 is 11.6 Å². The average Bonchev–Trinajstić information content (AvgIpc) is 2.89. The number of rotatable bonds is 4. The van der Waals surface area contributed by atoms with E-state index >= 15 is 0 Å². The Hall–Kier alpha value is -2.34. The number of imidazole rings is 1. The summed E-state index contributed by atoms with van der Waals surface area (Å²) in [5.41, 5.74) is 4.43. The summed E-state index contributed by atoms with van der Waals surface area (Å²) < 4.78 is 0. The second-order valence-corrected chi connectivity index (χ2v) is 3.45. The van der Waals surface area contributed by atoms with E-state index in [1.54, 1.807) is 36.8 Å². The summed E-state index contributed by atoms with van der Waals surface area (Å²) in [4.78, 5) is 18.7. The van der Waals surface area contributed by atoms with Gasteiger partial charge in [0.05, 0.1) is 29.8 Å². The third kappa shape index (κ3) is 2.61. The van der Waals surface area contributed by atoms with Gasteiger partial charge in [-0.15, -0.1) is 0 Å². The zero-order chi connectivity index (χ0) is 12.1. The molecule has 6 heteroatoms. The van der Waals surface area contributed by atoms with E-state index in [9.17, 15) is 4.79 Å². The second kappa shape index (κ2) is 5.13. The van der Waals surface area contributed by atoms with Crippen molar-refractivity contribution in [2.45, 2.75) is 6.54 Å². The minimum Gasteiger partial charge on any atom is -0.347 e. The SMILES string of the molecule is NNc1ccccc1C(=O)NCc1cnc[nH]1. The van der Waals surface area contributed by atoms with E-state index in [0.717, 1.165) is 5.69 Å². The van der Waals surface area contributed by atoms with Gasteiger partial charge in [-0.2, -0.15) is 0 Å². The van der Waals surface area contributed by atoms with Gasteiger partial charge in [0.1, 0.15) is 0 Å². The molecular formula is C11H13N5O. The summed E-state index contributed by atoms with van der Waals surface area (Å²) in [6.45, 7) is 0.401. The number of carbonyl (C=O) groups excluding carboxylic acids is 1. The molecule has 0 aliphatic carbocycles. The molecule has 0 fully saturated rings. The largest absolute Gasteiger partial charge is 0.347 e. The molecule has 88 valence electrons. The number of nitrogens with one attached hydrogen (secondary N) is 3. The molecule has 0 atom stereocenters. The number of anilines is 1. The Morgan fingerprint density at radius 2 is 2.24 bits per heavy atom. The zero-order valence-corrected chi connectivity index (χ0v) is 9.10. The molecule has 0 bridgehead atoms. The van der Waals surface area contributed by atoms with Crippen molar-refractivity contribution < 1.29 is 4.79 Å². The van der Waals surface area contributed by atoms with E-state index in [2.05, 4.69) is 20.7 Å². The number of nitrogen functional groups attached to an aromatic ring is 1. The number of benzene rings is 1. The summed E-state index contributed by atoms with van der Waals surface area (Å²) in [6.07, 6.45) is 3.23. The number of nitrogens with zero attached hydrogens (tertiary/aromatic N) is 1. The van der Waals surface area contributed by atoms with Crippen LogP contribution < -0.4 is 16.6 Å². The van der Waals surface area contributed by atoms with E-state index < -0.39 is 0 Å². The lowest BCUT2D eigenvalue weighted by Gasteiger charge is -2.08. The standard InChI is InChI=1S/C11H13N5O/c12-16-10-4-2-1-3-9(10)11(17)14-6-8-5-13-7-15-8/h1-5,7,16H,6,12H2,(H,13,15)(H,14,17). The van der Waals surface area contributed by atoms with Crippen LogP contribution in [-0.4, -0.2) is 15.9 Å². The Morgan fingerprint density at radius 1 is 1.41 bits per heavy atom. The molecule has 1 aromatic carbocycles. The number of amides is 1. The predicted molar refractivity (Wildman–Crippen MR) is 64.0 cm³/mol. The van der Waals surface area contributed by atoms with Gasteiger partial charge in [0.25, 0.3) is 5.91 Å². The third-order valence-electron chi connectivity index (χ3n) is 2.32. The Kier molecular flexibility index (Phi) is 3.37. The molecule has 0 saturated carbocycles. The summed E-state index contributed by atoms with van der Waals surface area (Å²) >= 11 is 0. The molecule has 0 aliphatic rings.